The lowest BCUT2D eigenvalue weighted by Gasteiger charge is -2.12. The lowest BCUT2D eigenvalue weighted by Crippen LogP contribution is -1.98. The second kappa shape index (κ2) is 7.86. The van der Waals surface area contributed by atoms with Crippen molar-refractivity contribution >= 4 is 0 Å². The van der Waals surface area contributed by atoms with Crippen molar-refractivity contribution in [2.45, 2.75) is 45.4 Å². The average Bonchev–Trinajstić information content (AvgIpc) is 2.57. The van der Waals surface area contributed by atoms with Gasteiger partial charge < -0.3 is 5.11 Å². The summed E-state index contributed by atoms with van der Waals surface area (Å²) in [5.74, 6) is -0.339. The third-order valence-electron chi connectivity index (χ3n) is 3.94. The Morgan fingerprint density at radius 1 is 1.35 bits per heavy atom. The molecule has 3 nitrogen and oxygen atoms in total. The summed E-state index contributed by atoms with van der Waals surface area (Å²) in [6.45, 7) is 7.72. The number of allylic oxidation sites excluding steroid dienone is 1. The van der Waals surface area contributed by atoms with Crippen molar-refractivity contribution < 1.29 is 9.50 Å². The molecule has 0 saturated heterocycles. The van der Waals surface area contributed by atoms with Gasteiger partial charge in [0.2, 0.25) is 0 Å². The number of halogens is 1. The van der Waals surface area contributed by atoms with Crippen LogP contribution in [0.2, 0.25) is 0 Å². The molecular formula is C19H23FN2O. The first kappa shape index (κ1) is 17.1. The van der Waals surface area contributed by atoms with Crippen molar-refractivity contribution in [1.29, 1.82) is 0 Å². The third kappa shape index (κ3) is 4.15. The Bertz CT molecular complexity index is 685. The van der Waals surface area contributed by atoms with Crippen LogP contribution in [0.4, 0.5) is 4.39 Å². The molecule has 1 unspecified atom stereocenters. The molecule has 1 aromatic carbocycles. The van der Waals surface area contributed by atoms with E-state index in [1.807, 2.05) is 6.92 Å². The number of phenolic OH excluding ortho intramolecular Hbond substituents is 1. The molecule has 4 heteroatoms. The van der Waals surface area contributed by atoms with Crippen LogP contribution in [0.1, 0.15) is 50.4 Å². The van der Waals surface area contributed by atoms with E-state index >= 15 is 0 Å². The number of benzene rings is 1. The summed E-state index contributed by atoms with van der Waals surface area (Å²) in [4.78, 5) is 8.81. The van der Waals surface area contributed by atoms with Crippen LogP contribution in [0.25, 0.3) is 11.3 Å². The third-order valence-corrected chi connectivity index (χ3v) is 3.94. The number of nitrogens with zero attached hydrogens (tertiary/aromatic N) is 2. The summed E-state index contributed by atoms with van der Waals surface area (Å²) in [6, 6.07) is 4.84. The summed E-state index contributed by atoms with van der Waals surface area (Å²) in [6.07, 6.45) is 7.52. The highest BCUT2D eigenvalue weighted by atomic mass is 19.1. The predicted molar refractivity (Wildman–Crippen MR) is 90.9 cm³/mol. The molecule has 23 heavy (non-hydrogen) atoms. The van der Waals surface area contributed by atoms with Gasteiger partial charge in [-0.15, -0.1) is 6.58 Å². The molecule has 0 fully saturated rings. The van der Waals surface area contributed by atoms with Gasteiger partial charge in [0.25, 0.3) is 0 Å². The van der Waals surface area contributed by atoms with Gasteiger partial charge in [0.1, 0.15) is 5.82 Å². The minimum absolute atomic E-state index is 0.143. The Kier molecular flexibility index (Phi) is 5.85. The van der Waals surface area contributed by atoms with Gasteiger partial charge in [0, 0.05) is 29.7 Å². The van der Waals surface area contributed by atoms with E-state index in [1.165, 1.54) is 6.07 Å². The van der Waals surface area contributed by atoms with E-state index in [0.29, 0.717) is 16.8 Å². The highest BCUT2D eigenvalue weighted by molar-refractivity contribution is 5.62. The molecule has 0 saturated carbocycles. The van der Waals surface area contributed by atoms with Crippen molar-refractivity contribution in [2.75, 3.05) is 0 Å². The molecule has 1 heterocycles. The summed E-state index contributed by atoms with van der Waals surface area (Å²) in [7, 11) is 0. The molecule has 0 aliphatic rings. The van der Waals surface area contributed by atoms with Gasteiger partial charge in [0.05, 0.1) is 5.69 Å². The zero-order valence-electron chi connectivity index (χ0n) is 13.7. The minimum atomic E-state index is -0.641. The molecule has 2 aromatic rings. The Balaban J connectivity index is 2.36. The van der Waals surface area contributed by atoms with E-state index in [0.717, 1.165) is 31.5 Å². The number of aromatic hydroxyl groups is 1. The number of hydrogen-bond acceptors (Lipinski definition) is 3. The molecule has 1 N–H and O–H groups in total. The monoisotopic (exact) mass is 314 g/mol. The fourth-order valence-corrected chi connectivity index (χ4v) is 2.46. The predicted octanol–water partition coefficient (Wildman–Crippen LogP) is 5.01. The average molecular weight is 314 g/mol. The summed E-state index contributed by atoms with van der Waals surface area (Å²) < 4.78 is 14.0. The number of phenols is 1. The summed E-state index contributed by atoms with van der Waals surface area (Å²) >= 11 is 0. The standard InChI is InChI=1S/C19H23FN2O/c1-4-6-7-8-18-21-10-9-17(22-18)14-11-15(13(3)5-2)19(23)16(20)12-14/h5,9-13,23H,2,4,6-8H2,1,3H3. The smallest absolute Gasteiger partial charge is 0.165 e. The normalized spacial score (nSPS) is 12.1. The molecule has 122 valence electrons. The first-order chi connectivity index (χ1) is 11.1. The van der Waals surface area contributed by atoms with E-state index in [2.05, 4.69) is 23.5 Å². The Morgan fingerprint density at radius 2 is 2.13 bits per heavy atom. The van der Waals surface area contributed by atoms with Crippen LogP contribution in [-0.2, 0) is 6.42 Å². The van der Waals surface area contributed by atoms with Crippen molar-refractivity contribution in [3.63, 3.8) is 0 Å². The van der Waals surface area contributed by atoms with Crippen molar-refractivity contribution in [3.8, 4) is 17.0 Å². The van der Waals surface area contributed by atoms with Gasteiger partial charge in [-0.1, -0.05) is 32.8 Å². The lowest BCUT2D eigenvalue weighted by atomic mass is 9.96. The molecule has 0 amide bonds. The maximum Gasteiger partial charge on any atom is 0.165 e. The quantitative estimate of drug-likeness (QED) is 0.577. The van der Waals surface area contributed by atoms with Crippen molar-refractivity contribution in [2.24, 2.45) is 0 Å². The number of hydrogen-bond donors (Lipinski definition) is 1. The van der Waals surface area contributed by atoms with Crippen LogP contribution < -0.4 is 0 Å². The Morgan fingerprint density at radius 3 is 2.83 bits per heavy atom. The molecular weight excluding hydrogens is 291 g/mol. The zero-order chi connectivity index (χ0) is 16.8. The molecule has 0 aliphatic carbocycles. The van der Waals surface area contributed by atoms with Crippen LogP contribution in [-0.4, -0.2) is 15.1 Å². The number of aromatic nitrogens is 2. The van der Waals surface area contributed by atoms with Gasteiger partial charge in [-0.3, -0.25) is 0 Å². The lowest BCUT2D eigenvalue weighted by molar-refractivity contribution is 0.425. The van der Waals surface area contributed by atoms with Gasteiger partial charge in [0.15, 0.2) is 11.6 Å². The SMILES string of the molecule is C=CC(C)c1cc(-c2ccnc(CCCCC)n2)cc(F)c1O. The number of aryl methyl sites for hydroxylation is 1. The molecule has 2 rings (SSSR count). The van der Waals surface area contributed by atoms with E-state index < -0.39 is 5.82 Å². The molecule has 0 radical (unpaired) electrons. The summed E-state index contributed by atoms with van der Waals surface area (Å²) in [5, 5.41) is 9.91. The maximum absolute atomic E-state index is 14.0. The van der Waals surface area contributed by atoms with E-state index in [1.54, 1.807) is 24.4 Å². The van der Waals surface area contributed by atoms with Crippen LogP contribution in [0, 0.1) is 5.82 Å². The van der Waals surface area contributed by atoms with E-state index in [4.69, 9.17) is 0 Å². The maximum atomic E-state index is 14.0. The first-order valence-corrected chi connectivity index (χ1v) is 8.04. The molecule has 0 aliphatic heterocycles. The number of rotatable bonds is 7. The minimum Gasteiger partial charge on any atom is -0.505 e. The molecule has 1 aromatic heterocycles. The summed E-state index contributed by atoms with van der Waals surface area (Å²) in [5.41, 5.74) is 1.83. The first-order valence-electron chi connectivity index (χ1n) is 8.04. The highest BCUT2D eigenvalue weighted by Gasteiger charge is 2.15. The van der Waals surface area contributed by atoms with Gasteiger partial charge in [-0.05, 0) is 24.6 Å². The molecule has 0 bridgehead atoms. The second-order valence-corrected chi connectivity index (χ2v) is 5.74. The van der Waals surface area contributed by atoms with Gasteiger partial charge in [-0.25, -0.2) is 14.4 Å². The Hall–Kier alpha value is -2.23. The van der Waals surface area contributed by atoms with Gasteiger partial charge >= 0.3 is 0 Å². The molecule has 0 spiro atoms. The van der Waals surface area contributed by atoms with Crippen LogP contribution in [0.15, 0.2) is 37.1 Å². The fraction of sp³-hybridized carbons (Fsp3) is 0.368. The van der Waals surface area contributed by atoms with Crippen LogP contribution in [0.3, 0.4) is 0 Å². The zero-order valence-corrected chi connectivity index (χ0v) is 13.7. The fourth-order valence-electron chi connectivity index (χ4n) is 2.46. The van der Waals surface area contributed by atoms with Crippen LogP contribution >= 0.6 is 0 Å². The van der Waals surface area contributed by atoms with Gasteiger partial charge in [-0.2, -0.15) is 0 Å². The number of unbranched alkanes of at least 4 members (excludes halogenated alkanes) is 2. The highest BCUT2D eigenvalue weighted by Crippen LogP contribution is 2.33. The van der Waals surface area contributed by atoms with Crippen molar-refractivity contribution in [1.82, 2.24) is 9.97 Å². The van der Waals surface area contributed by atoms with Crippen molar-refractivity contribution in [3.05, 3.63) is 54.3 Å². The second-order valence-electron chi connectivity index (χ2n) is 5.74. The largest absolute Gasteiger partial charge is 0.505 e. The van der Waals surface area contributed by atoms with E-state index in [-0.39, 0.29) is 11.7 Å². The Labute approximate surface area is 136 Å². The van der Waals surface area contributed by atoms with Crippen LogP contribution in [0.5, 0.6) is 5.75 Å². The van der Waals surface area contributed by atoms with E-state index in [9.17, 15) is 9.50 Å². The molecule has 1 atom stereocenters. The topological polar surface area (TPSA) is 46.0 Å².